The highest BCUT2D eigenvalue weighted by Crippen LogP contribution is 2.50. The van der Waals surface area contributed by atoms with Crippen LogP contribution >= 0.6 is 0 Å². The fourth-order valence-electron chi connectivity index (χ4n) is 4.13. The molecular formula is C17H33NO2. The number of rotatable bonds is 5. The van der Waals surface area contributed by atoms with Gasteiger partial charge >= 0.3 is 5.97 Å². The summed E-state index contributed by atoms with van der Waals surface area (Å²) in [6, 6.07) is 0. The predicted molar refractivity (Wildman–Crippen MR) is 83.6 cm³/mol. The molecule has 1 aliphatic rings. The highest BCUT2D eigenvalue weighted by atomic mass is 16.5. The Labute approximate surface area is 124 Å². The minimum absolute atomic E-state index is 0.0681. The van der Waals surface area contributed by atoms with Gasteiger partial charge in [-0.15, -0.1) is 0 Å². The van der Waals surface area contributed by atoms with Crippen molar-refractivity contribution >= 4 is 5.97 Å². The molecule has 0 aromatic rings. The molecular weight excluding hydrogens is 250 g/mol. The van der Waals surface area contributed by atoms with Crippen LogP contribution in [0.25, 0.3) is 0 Å². The Morgan fingerprint density at radius 3 is 2.00 bits per heavy atom. The Bertz CT molecular complexity index is 329. The molecule has 118 valence electrons. The SMILES string of the molecule is CCOC(=O)C1(NCC(C)C)CC(C)(C)CC(C)(C)C1. The number of nitrogens with one attached hydrogen (secondary N) is 1. The summed E-state index contributed by atoms with van der Waals surface area (Å²) in [7, 11) is 0. The van der Waals surface area contributed by atoms with Crippen LogP contribution < -0.4 is 5.32 Å². The van der Waals surface area contributed by atoms with Gasteiger partial charge in [0.05, 0.1) is 6.61 Å². The van der Waals surface area contributed by atoms with Crippen molar-refractivity contribution in [2.75, 3.05) is 13.2 Å². The van der Waals surface area contributed by atoms with Crippen LogP contribution in [0.5, 0.6) is 0 Å². The number of carbonyl (C=O) groups excluding carboxylic acids is 1. The summed E-state index contributed by atoms with van der Waals surface area (Å²) in [5.74, 6) is 0.455. The molecule has 0 radical (unpaired) electrons. The highest BCUT2D eigenvalue weighted by molar-refractivity contribution is 5.81. The summed E-state index contributed by atoms with van der Waals surface area (Å²) in [6.07, 6.45) is 2.86. The van der Waals surface area contributed by atoms with Crippen molar-refractivity contribution in [3.63, 3.8) is 0 Å². The number of carbonyl (C=O) groups is 1. The Morgan fingerprint density at radius 2 is 1.60 bits per heavy atom. The lowest BCUT2D eigenvalue weighted by Crippen LogP contribution is -2.61. The third kappa shape index (κ3) is 4.47. The molecule has 0 aromatic carbocycles. The summed E-state index contributed by atoms with van der Waals surface area (Å²) in [5.41, 5.74) is -0.220. The van der Waals surface area contributed by atoms with Crippen LogP contribution in [0.2, 0.25) is 0 Å². The third-order valence-electron chi connectivity index (χ3n) is 4.03. The van der Waals surface area contributed by atoms with Gasteiger partial charge < -0.3 is 10.1 Å². The molecule has 0 saturated heterocycles. The minimum atomic E-state index is -0.522. The fraction of sp³-hybridized carbons (Fsp3) is 0.941. The van der Waals surface area contributed by atoms with Crippen molar-refractivity contribution in [2.24, 2.45) is 16.7 Å². The van der Waals surface area contributed by atoms with Gasteiger partial charge in [-0.2, -0.15) is 0 Å². The highest BCUT2D eigenvalue weighted by Gasteiger charge is 2.52. The van der Waals surface area contributed by atoms with Gasteiger partial charge in [-0.05, 0) is 49.5 Å². The Kier molecular flexibility index (Phi) is 5.29. The van der Waals surface area contributed by atoms with Crippen LogP contribution in [0.15, 0.2) is 0 Å². The molecule has 0 heterocycles. The monoisotopic (exact) mass is 283 g/mol. The van der Waals surface area contributed by atoms with Gasteiger partial charge in [0, 0.05) is 0 Å². The maximum atomic E-state index is 12.6. The zero-order valence-corrected chi connectivity index (χ0v) is 14.4. The maximum absolute atomic E-state index is 12.6. The zero-order valence-electron chi connectivity index (χ0n) is 14.4. The van der Waals surface area contributed by atoms with E-state index >= 15 is 0 Å². The van der Waals surface area contributed by atoms with E-state index in [0.29, 0.717) is 12.5 Å². The Morgan fingerprint density at radius 1 is 1.10 bits per heavy atom. The number of esters is 1. The topological polar surface area (TPSA) is 38.3 Å². The lowest BCUT2D eigenvalue weighted by molar-refractivity contribution is -0.158. The van der Waals surface area contributed by atoms with Crippen molar-refractivity contribution < 1.29 is 9.53 Å². The number of hydrogen-bond donors (Lipinski definition) is 1. The molecule has 20 heavy (non-hydrogen) atoms. The summed E-state index contributed by atoms with van der Waals surface area (Å²) < 4.78 is 5.40. The van der Waals surface area contributed by atoms with Gasteiger partial charge in [-0.1, -0.05) is 41.5 Å². The second-order valence-corrected chi connectivity index (χ2v) is 8.44. The van der Waals surface area contributed by atoms with Gasteiger partial charge in [0.2, 0.25) is 0 Å². The van der Waals surface area contributed by atoms with E-state index in [0.717, 1.165) is 25.8 Å². The zero-order chi connectivity index (χ0) is 15.6. The summed E-state index contributed by atoms with van der Waals surface area (Å²) in [6.45, 7) is 16.6. The summed E-state index contributed by atoms with van der Waals surface area (Å²) >= 11 is 0. The quantitative estimate of drug-likeness (QED) is 0.781. The van der Waals surface area contributed by atoms with Crippen molar-refractivity contribution in [3.05, 3.63) is 0 Å². The largest absolute Gasteiger partial charge is 0.465 e. The molecule has 1 fully saturated rings. The molecule has 3 heteroatoms. The van der Waals surface area contributed by atoms with E-state index in [1.54, 1.807) is 0 Å². The predicted octanol–water partition coefficient (Wildman–Crippen LogP) is 3.77. The van der Waals surface area contributed by atoms with Gasteiger partial charge in [-0.3, -0.25) is 4.79 Å². The average molecular weight is 283 g/mol. The third-order valence-corrected chi connectivity index (χ3v) is 4.03. The summed E-state index contributed by atoms with van der Waals surface area (Å²) in [5, 5.41) is 3.56. The molecule has 0 amide bonds. The molecule has 0 atom stereocenters. The first-order valence-corrected chi connectivity index (χ1v) is 7.94. The number of hydrogen-bond acceptors (Lipinski definition) is 3. The van der Waals surface area contributed by atoms with Crippen LogP contribution in [0.3, 0.4) is 0 Å². The van der Waals surface area contributed by atoms with E-state index < -0.39 is 5.54 Å². The molecule has 1 N–H and O–H groups in total. The number of ether oxygens (including phenoxy) is 1. The van der Waals surface area contributed by atoms with E-state index in [9.17, 15) is 4.79 Å². The van der Waals surface area contributed by atoms with Gasteiger partial charge in [-0.25, -0.2) is 0 Å². The Hall–Kier alpha value is -0.570. The second kappa shape index (κ2) is 6.05. The average Bonchev–Trinajstić information content (AvgIpc) is 2.22. The molecule has 0 aliphatic heterocycles. The van der Waals surface area contributed by atoms with Crippen LogP contribution in [0, 0.1) is 16.7 Å². The standard InChI is InChI=1S/C17H33NO2/c1-8-20-14(19)17(18-9-13(2)3)11-15(4,5)10-16(6,7)12-17/h13,18H,8-12H2,1-7H3. The van der Waals surface area contributed by atoms with Gasteiger partial charge in [0.1, 0.15) is 5.54 Å². The van der Waals surface area contributed by atoms with E-state index in [-0.39, 0.29) is 16.8 Å². The first-order chi connectivity index (χ1) is 9.02. The smallest absolute Gasteiger partial charge is 0.326 e. The van der Waals surface area contributed by atoms with Crippen molar-refractivity contribution in [3.8, 4) is 0 Å². The van der Waals surface area contributed by atoms with Crippen molar-refractivity contribution in [1.29, 1.82) is 0 Å². The van der Waals surface area contributed by atoms with E-state index in [4.69, 9.17) is 4.74 Å². The lowest BCUT2D eigenvalue weighted by atomic mass is 9.58. The second-order valence-electron chi connectivity index (χ2n) is 8.44. The molecule has 1 saturated carbocycles. The molecule has 1 aliphatic carbocycles. The van der Waals surface area contributed by atoms with E-state index in [2.05, 4.69) is 46.9 Å². The van der Waals surface area contributed by atoms with E-state index in [1.807, 2.05) is 6.92 Å². The lowest BCUT2D eigenvalue weighted by Gasteiger charge is -2.51. The van der Waals surface area contributed by atoms with Crippen molar-refractivity contribution in [2.45, 2.75) is 73.3 Å². The molecule has 0 aromatic heterocycles. The fourth-order valence-corrected chi connectivity index (χ4v) is 4.13. The minimum Gasteiger partial charge on any atom is -0.465 e. The van der Waals surface area contributed by atoms with Crippen LogP contribution in [-0.4, -0.2) is 24.7 Å². The van der Waals surface area contributed by atoms with Crippen LogP contribution in [0.1, 0.15) is 67.7 Å². The molecule has 0 unspecified atom stereocenters. The van der Waals surface area contributed by atoms with Crippen LogP contribution in [-0.2, 0) is 9.53 Å². The van der Waals surface area contributed by atoms with Gasteiger partial charge in [0.15, 0.2) is 0 Å². The first-order valence-electron chi connectivity index (χ1n) is 7.94. The maximum Gasteiger partial charge on any atom is 0.326 e. The molecule has 1 rings (SSSR count). The molecule has 0 spiro atoms. The van der Waals surface area contributed by atoms with Crippen molar-refractivity contribution in [1.82, 2.24) is 5.32 Å². The van der Waals surface area contributed by atoms with E-state index in [1.165, 1.54) is 0 Å². The first kappa shape index (κ1) is 17.5. The normalized spacial score (nSPS) is 23.6. The molecule has 0 bridgehead atoms. The molecule has 3 nitrogen and oxygen atoms in total. The van der Waals surface area contributed by atoms with Crippen LogP contribution in [0.4, 0.5) is 0 Å². The summed E-state index contributed by atoms with van der Waals surface area (Å²) in [4.78, 5) is 12.6. The van der Waals surface area contributed by atoms with Gasteiger partial charge in [0.25, 0.3) is 0 Å². The Balaban J connectivity index is 3.05.